The summed E-state index contributed by atoms with van der Waals surface area (Å²) >= 11 is 0. The maximum Gasteiger partial charge on any atom is 0.341 e. The molecule has 0 bridgehead atoms. The first kappa shape index (κ1) is 17.6. The van der Waals surface area contributed by atoms with Crippen LogP contribution in [0.15, 0.2) is 24.3 Å². The van der Waals surface area contributed by atoms with E-state index in [4.69, 9.17) is 19.6 Å². The summed E-state index contributed by atoms with van der Waals surface area (Å²) in [4.78, 5) is 36.3. The van der Waals surface area contributed by atoms with Gasteiger partial charge >= 0.3 is 15.2 Å². The molecule has 0 aromatic heterocycles. The highest BCUT2D eigenvalue weighted by molar-refractivity contribution is 7.70. The second-order valence-electron chi connectivity index (χ2n) is 4.78. The molecule has 0 unspecified atom stereocenters. The van der Waals surface area contributed by atoms with Crippen LogP contribution < -0.4 is 0 Å². The summed E-state index contributed by atoms with van der Waals surface area (Å²) in [7, 11) is -9.71. The first-order valence-corrected chi connectivity index (χ1v) is 9.69. The molecule has 0 aliphatic carbocycles. The van der Waals surface area contributed by atoms with Crippen molar-refractivity contribution in [3.63, 3.8) is 0 Å². The highest BCUT2D eigenvalue weighted by atomic mass is 31.2. The summed E-state index contributed by atoms with van der Waals surface area (Å²) in [5, 5.41) is -1.98. The fourth-order valence-corrected chi connectivity index (χ4v) is 4.33. The lowest BCUT2D eigenvalue weighted by Crippen LogP contribution is -2.12. The lowest BCUT2D eigenvalue weighted by molar-refractivity contribution is 0.338. The highest BCUT2D eigenvalue weighted by Crippen LogP contribution is 2.60. The molecule has 0 fully saturated rings. The van der Waals surface area contributed by atoms with E-state index in [0.717, 1.165) is 24.8 Å². The molecule has 0 atom stereocenters. The minimum atomic E-state index is -4.86. The number of rotatable bonds is 7. The number of hydrogen-bond acceptors (Lipinski definition) is 2. The maximum atomic E-state index is 11.2. The largest absolute Gasteiger partial charge is 0.341 e. The Labute approximate surface area is 118 Å². The molecule has 8 heteroatoms. The smallest absolute Gasteiger partial charge is 0.324 e. The van der Waals surface area contributed by atoms with Crippen LogP contribution in [-0.2, 0) is 22.0 Å². The topological polar surface area (TPSA) is 115 Å². The zero-order valence-electron chi connectivity index (χ0n) is 11.2. The molecule has 1 rings (SSSR count). The van der Waals surface area contributed by atoms with E-state index in [1.165, 1.54) is 0 Å². The van der Waals surface area contributed by atoms with E-state index in [-0.39, 0.29) is 6.42 Å². The van der Waals surface area contributed by atoms with Gasteiger partial charge in [0.2, 0.25) is 0 Å². The van der Waals surface area contributed by atoms with Gasteiger partial charge in [0.25, 0.3) is 0 Å². The number of hydrogen-bond donors (Lipinski definition) is 4. The molecule has 1 aromatic rings. The van der Waals surface area contributed by atoms with Gasteiger partial charge in [-0.25, -0.2) is 0 Å². The Bertz CT molecular complexity index is 493. The molecule has 0 saturated heterocycles. The average molecular weight is 322 g/mol. The van der Waals surface area contributed by atoms with Crippen LogP contribution in [-0.4, -0.2) is 25.0 Å². The van der Waals surface area contributed by atoms with Crippen molar-refractivity contribution in [3.8, 4) is 0 Å². The third kappa shape index (κ3) is 5.49. The van der Waals surface area contributed by atoms with Crippen LogP contribution in [0, 0.1) is 0 Å². The molecule has 0 saturated carbocycles. The van der Waals surface area contributed by atoms with E-state index in [0.29, 0.717) is 5.56 Å². The molecule has 1 aromatic carbocycles. The Hall–Kier alpha value is -0.480. The van der Waals surface area contributed by atoms with Crippen molar-refractivity contribution in [2.45, 2.75) is 38.0 Å². The van der Waals surface area contributed by atoms with Gasteiger partial charge in [0.15, 0.2) is 5.40 Å². The van der Waals surface area contributed by atoms with Gasteiger partial charge in [-0.05, 0) is 30.4 Å². The molecule has 0 radical (unpaired) electrons. The van der Waals surface area contributed by atoms with E-state index in [1.807, 2.05) is 12.1 Å². The van der Waals surface area contributed by atoms with Gasteiger partial charge in [-0.1, -0.05) is 37.6 Å². The minimum absolute atomic E-state index is 0.345. The molecule has 114 valence electrons. The SMILES string of the molecule is CCCCc1ccc(CC(P(=O)(O)O)P(=O)(O)O)cc1. The second kappa shape index (κ2) is 6.99. The van der Waals surface area contributed by atoms with Crippen molar-refractivity contribution >= 4 is 15.2 Å². The Morgan fingerprint density at radius 2 is 1.40 bits per heavy atom. The fraction of sp³-hybridized carbons (Fsp3) is 0.500. The Morgan fingerprint density at radius 1 is 0.950 bits per heavy atom. The van der Waals surface area contributed by atoms with E-state index in [1.54, 1.807) is 12.1 Å². The molecule has 0 amide bonds. The van der Waals surface area contributed by atoms with Crippen molar-refractivity contribution in [2.24, 2.45) is 0 Å². The van der Waals surface area contributed by atoms with Crippen molar-refractivity contribution in [1.29, 1.82) is 0 Å². The lowest BCUT2D eigenvalue weighted by Gasteiger charge is -2.19. The fourth-order valence-electron chi connectivity index (χ4n) is 1.87. The van der Waals surface area contributed by atoms with Crippen LogP contribution in [0.3, 0.4) is 0 Å². The third-order valence-electron chi connectivity index (χ3n) is 3.04. The van der Waals surface area contributed by atoms with Gasteiger partial charge in [-0.3, -0.25) is 9.13 Å². The van der Waals surface area contributed by atoms with Gasteiger partial charge < -0.3 is 19.6 Å². The van der Waals surface area contributed by atoms with E-state index < -0.39 is 20.6 Å². The van der Waals surface area contributed by atoms with E-state index in [2.05, 4.69) is 6.92 Å². The first-order valence-electron chi connectivity index (χ1n) is 6.33. The van der Waals surface area contributed by atoms with Crippen LogP contribution in [0.5, 0.6) is 0 Å². The van der Waals surface area contributed by atoms with Crippen molar-refractivity contribution < 1.29 is 28.7 Å². The van der Waals surface area contributed by atoms with E-state index >= 15 is 0 Å². The molecule has 0 spiro atoms. The van der Waals surface area contributed by atoms with Crippen LogP contribution >= 0.6 is 15.2 Å². The molecule has 0 aliphatic heterocycles. The van der Waals surface area contributed by atoms with Gasteiger partial charge in [0.05, 0.1) is 0 Å². The standard InChI is InChI=1S/C12H20O6P2/c1-2-3-4-10-5-7-11(8-6-10)9-12(19(13,14)15)20(16,17)18/h5-8,12H,2-4,9H2,1H3,(H2,13,14,15)(H2,16,17,18). The first-order chi connectivity index (χ1) is 9.14. The molecule has 20 heavy (non-hydrogen) atoms. The molecule has 4 N–H and O–H groups in total. The van der Waals surface area contributed by atoms with Crippen LogP contribution in [0.4, 0.5) is 0 Å². The molecule has 0 aliphatic rings. The maximum absolute atomic E-state index is 11.2. The van der Waals surface area contributed by atoms with Gasteiger partial charge in [0.1, 0.15) is 0 Å². The molecule has 0 heterocycles. The number of benzene rings is 1. The van der Waals surface area contributed by atoms with Crippen molar-refractivity contribution in [1.82, 2.24) is 0 Å². The van der Waals surface area contributed by atoms with Crippen LogP contribution in [0.25, 0.3) is 0 Å². The van der Waals surface area contributed by atoms with Crippen LogP contribution in [0.1, 0.15) is 30.9 Å². The van der Waals surface area contributed by atoms with E-state index in [9.17, 15) is 9.13 Å². The average Bonchev–Trinajstić information content (AvgIpc) is 2.32. The normalized spacial score (nSPS) is 12.9. The van der Waals surface area contributed by atoms with Gasteiger partial charge in [-0.2, -0.15) is 0 Å². The summed E-state index contributed by atoms with van der Waals surface area (Å²) in [5.74, 6) is 0. The summed E-state index contributed by atoms with van der Waals surface area (Å²) in [6.07, 6.45) is 2.69. The zero-order valence-corrected chi connectivity index (χ0v) is 13.0. The quantitative estimate of drug-likeness (QED) is 0.572. The second-order valence-corrected chi connectivity index (χ2v) is 8.79. The molecular weight excluding hydrogens is 302 g/mol. The van der Waals surface area contributed by atoms with Crippen molar-refractivity contribution in [3.05, 3.63) is 35.4 Å². The number of aryl methyl sites for hydroxylation is 1. The summed E-state index contributed by atoms with van der Waals surface area (Å²) in [6, 6.07) is 6.95. The predicted molar refractivity (Wildman–Crippen MR) is 76.6 cm³/mol. The highest BCUT2D eigenvalue weighted by Gasteiger charge is 2.43. The Kier molecular flexibility index (Phi) is 6.14. The Balaban J connectivity index is 2.85. The predicted octanol–water partition coefficient (Wildman–Crippen LogP) is 2.25. The van der Waals surface area contributed by atoms with Crippen molar-refractivity contribution in [2.75, 3.05) is 0 Å². The van der Waals surface area contributed by atoms with Crippen LogP contribution in [0.2, 0.25) is 0 Å². The third-order valence-corrected chi connectivity index (χ3v) is 6.76. The van der Waals surface area contributed by atoms with Gasteiger partial charge in [-0.15, -0.1) is 0 Å². The zero-order chi connectivity index (χ0) is 15.4. The Morgan fingerprint density at radius 3 is 1.80 bits per heavy atom. The molecular formula is C12H20O6P2. The summed E-state index contributed by atoms with van der Waals surface area (Å²) < 4.78 is 22.4. The molecule has 6 nitrogen and oxygen atoms in total. The summed E-state index contributed by atoms with van der Waals surface area (Å²) in [5.41, 5.74) is 1.60. The minimum Gasteiger partial charge on any atom is -0.324 e. The lowest BCUT2D eigenvalue weighted by atomic mass is 10.1. The number of unbranched alkanes of at least 4 members (excludes halogenated alkanes) is 1. The summed E-state index contributed by atoms with van der Waals surface area (Å²) in [6.45, 7) is 2.08. The monoisotopic (exact) mass is 322 g/mol. The van der Waals surface area contributed by atoms with Gasteiger partial charge in [0, 0.05) is 0 Å².